The lowest BCUT2D eigenvalue weighted by atomic mass is 10.1. The van der Waals surface area contributed by atoms with E-state index in [0.717, 1.165) is 30.8 Å². The summed E-state index contributed by atoms with van der Waals surface area (Å²) < 4.78 is 7.17. The molecule has 0 saturated carbocycles. The van der Waals surface area contributed by atoms with E-state index in [1.807, 2.05) is 4.68 Å². The molecule has 1 aromatic heterocycles. The molecule has 1 heterocycles. The Hall–Kier alpha value is -1.03. The average Bonchev–Trinajstić information content (AvgIpc) is 2.60. The molecule has 0 fully saturated rings. The molecule has 0 aliphatic carbocycles. The third-order valence-electron chi connectivity index (χ3n) is 2.29. The van der Waals surface area contributed by atoms with Gasteiger partial charge in [0.25, 0.3) is 0 Å². The van der Waals surface area contributed by atoms with Crippen molar-refractivity contribution in [2.75, 3.05) is 7.11 Å². The van der Waals surface area contributed by atoms with E-state index in [9.17, 15) is 0 Å². The van der Waals surface area contributed by atoms with Crippen LogP contribution in [0.15, 0.2) is 6.20 Å². The smallest absolute Gasteiger partial charge is 0.161 e. The van der Waals surface area contributed by atoms with Gasteiger partial charge in [0.1, 0.15) is 0 Å². The zero-order chi connectivity index (χ0) is 10.6. The standard InChI is InChI=1S/C10H19N3O/c1-4-6-13-10(8(11)5-2)9(14-3)7-12-13/h7-8H,4-6,11H2,1-3H3. The van der Waals surface area contributed by atoms with Crippen LogP contribution in [0.1, 0.15) is 38.4 Å². The van der Waals surface area contributed by atoms with E-state index in [0.29, 0.717) is 0 Å². The molecule has 0 aromatic carbocycles. The largest absolute Gasteiger partial charge is 0.493 e. The van der Waals surface area contributed by atoms with Crippen LogP contribution in [-0.2, 0) is 6.54 Å². The lowest BCUT2D eigenvalue weighted by Crippen LogP contribution is -2.16. The summed E-state index contributed by atoms with van der Waals surface area (Å²) in [5.41, 5.74) is 7.02. The van der Waals surface area contributed by atoms with Crippen LogP contribution < -0.4 is 10.5 Å². The minimum absolute atomic E-state index is 0.0130. The molecule has 2 N–H and O–H groups in total. The molecule has 14 heavy (non-hydrogen) atoms. The van der Waals surface area contributed by atoms with Gasteiger partial charge >= 0.3 is 0 Å². The van der Waals surface area contributed by atoms with E-state index in [1.165, 1.54) is 0 Å². The summed E-state index contributed by atoms with van der Waals surface area (Å²) in [6, 6.07) is 0.0130. The summed E-state index contributed by atoms with van der Waals surface area (Å²) in [6.07, 6.45) is 3.68. The van der Waals surface area contributed by atoms with Gasteiger partial charge in [0.15, 0.2) is 5.75 Å². The maximum Gasteiger partial charge on any atom is 0.161 e. The molecule has 4 heteroatoms. The highest BCUT2D eigenvalue weighted by Gasteiger charge is 2.16. The highest BCUT2D eigenvalue weighted by Crippen LogP contribution is 2.25. The zero-order valence-electron chi connectivity index (χ0n) is 9.16. The molecule has 0 radical (unpaired) electrons. The molecular formula is C10H19N3O. The summed E-state index contributed by atoms with van der Waals surface area (Å²) in [5.74, 6) is 0.799. The van der Waals surface area contributed by atoms with Gasteiger partial charge in [-0.25, -0.2) is 0 Å². The minimum atomic E-state index is 0.0130. The van der Waals surface area contributed by atoms with Gasteiger partial charge in [-0.1, -0.05) is 13.8 Å². The number of hydrogen-bond acceptors (Lipinski definition) is 3. The molecule has 0 saturated heterocycles. The molecule has 1 aromatic rings. The third-order valence-corrected chi connectivity index (χ3v) is 2.29. The number of ether oxygens (including phenoxy) is 1. The van der Waals surface area contributed by atoms with E-state index < -0.39 is 0 Å². The lowest BCUT2D eigenvalue weighted by Gasteiger charge is -2.13. The SMILES string of the molecule is CCCn1ncc(OC)c1C(N)CC. The van der Waals surface area contributed by atoms with Crippen molar-refractivity contribution in [2.45, 2.75) is 39.3 Å². The fourth-order valence-corrected chi connectivity index (χ4v) is 1.49. The fourth-order valence-electron chi connectivity index (χ4n) is 1.49. The van der Waals surface area contributed by atoms with Crippen LogP contribution in [0.2, 0.25) is 0 Å². The van der Waals surface area contributed by atoms with Crippen molar-refractivity contribution in [1.29, 1.82) is 0 Å². The normalized spacial score (nSPS) is 12.9. The molecule has 0 aliphatic rings. The highest BCUT2D eigenvalue weighted by molar-refractivity contribution is 5.27. The first kappa shape index (κ1) is 11.0. The van der Waals surface area contributed by atoms with E-state index in [1.54, 1.807) is 13.3 Å². The summed E-state index contributed by atoms with van der Waals surface area (Å²) in [4.78, 5) is 0. The van der Waals surface area contributed by atoms with Crippen LogP contribution in [0.4, 0.5) is 0 Å². The van der Waals surface area contributed by atoms with Crippen molar-refractivity contribution in [3.63, 3.8) is 0 Å². The molecule has 80 valence electrons. The first-order valence-corrected chi connectivity index (χ1v) is 5.09. The number of nitrogens with zero attached hydrogens (tertiary/aromatic N) is 2. The Kier molecular flexibility index (Phi) is 3.95. The Labute approximate surface area is 85.0 Å². The maximum absolute atomic E-state index is 6.01. The van der Waals surface area contributed by atoms with E-state index in [2.05, 4.69) is 18.9 Å². The molecule has 0 aliphatic heterocycles. The number of aryl methyl sites for hydroxylation is 1. The third kappa shape index (κ3) is 2.07. The Morgan fingerprint density at radius 2 is 2.29 bits per heavy atom. The number of nitrogens with two attached hydrogens (primary N) is 1. The first-order valence-electron chi connectivity index (χ1n) is 5.09. The van der Waals surface area contributed by atoms with Gasteiger partial charge in [-0.15, -0.1) is 0 Å². The summed E-state index contributed by atoms with van der Waals surface area (Å²) in [7, 11) is 1.65. The van der Waals surface area contributed by atoms with Crippen LogP contribution in [-0.4, -0.2) is 16.9 Å². The molecule has 4 nitrogen and oxygen atoms in total. The van der Waals surface area contributed by atoms with Gasteiger partial charge in [-0.05, 0) is 12.8 Å². The van der Waals surface area contributed by atoms with Crippen LogP contribution in [0.25, 0.3) is 0 Å². The maximum atomic E-state index is 6.01. The van der Waals surface area contributed by atoms with Crippen LogP contribution >= 0.6 is 0 Å². The van der Waals surface area contributed by atoms with Crippen molar-refractivity contribution in [2.24, 2.45) is 5.73 Å². The van der Waals surface area contributed by atoms with Crippen LogP contribution in [0, 0.1) is 0 Å². The summed E-state index contributed by atoms with van der Waals surface area (Å²) >= 11 is 0. The molecule has 0 spiro atoms. The van der Waals surface area contributed by atoms with Crippen LogP contribution in [0.5, 0.6) is 5.75 Å². The zero-order valence-corrected chi connectivity index (χ0v) is 9.16. The molecule has 0 amide bonds. The number of aromatic nitrogens is 2. The Balaban J connectivity index is 2.99. The molecule has 1 atom stereocenters. The first-order chi connectivity index (χ1) is 6.74. The Bertz CT molecular complexity index is 283. The van der Waals surface area contributed by atoms with Gasteiger partial charge in [0.2, 0.25) is 0 Å². The van der Waals surface area contributed by atoms with Crippen molar-refractivity contribution in [1.82, 2.24) is 9.78 Å². The molecular weight excluding hydrogens is 178 g/mol. The van der Waals surface area contributed by atoms with Gasteiger partial charge in [0, 0.05) is 6.54 Å². The van der Waals surface area contributed by atoms with Gasteiger partial charge in [-0.3, -0.25) is 4.68 Å². The summed E-state index contributed by atoms with van der Waals surface area (Å²) in [6.45, 7) is 5.08. The second-order valence-electron chi connectivity index (χ2n) is 3.34. The number of methoxy groups -OCH3 is 1. The van der Waals surface area contributed by atoms with Crippen molar-refractivity contribution >= 4 is 0 Å². The molecule has 1 rings (SSSR count). The predicted octanol–water partition coefficient (Wildman–Crippen LogP) is 1.71. The number of rotatable bonds is 5. The monoisotopic (exact) mass is 197 g/mol. The van der Waals surface area contributed by atoms with E-state index >= 15 is 0 Å². The fraction of sp³-hybridized carbons (Fsp3) is 0.700. The molecule has 0 bridgehead atoms. The van der Waals surface area contributed by atoms with Gasteiger partial charge in [0.05, 0.1) is 25.0 Å². The van der Waals surface area contributed by atoms with Crippen molar-refractivity contribution in [3.8, 4) is 5.75 Å². The lowest BCUT2D eigenvalue weighted by molar-refractivity contribution is 0.399. The Morgan fingerprint density at radius 1 is 1.57 bits per heavy atom. The average molecular weight is 197 g/mol. The second-order valence-corrected chi connectivity index (χ2v) is 3.34. The number of hydrogen-bond donors (Lipinski definition) is 1. The molecule has 1 unspecified atom stereocenters. The topological polar surface area (TPSA) is 53.1 Å². The Morgan fingerprint density at radius 3 is 2.79 bits per heavy atom. The summed E-state index contributed by atoms with van der Waals surface area (Å²) in [5, 5.41) is 4.26. The second kappa shape index (κ2) is 5.00. The highest BCUT2D eigenvalue weighted by atomic mass is 16.5. The minimum Gasteiger partial charge on any atom is -0.493 e. The van der Waals surface area contributed by atoms with E-state index in [-0.39, 0.29) is 6.04 Å². The van der Waals surface area contributed by atoms with E-state index in [4.69, 9.17) is 10.5 Å². The van der Waals surface area contributed by atoms with Crippen LogP contribution in [0.3, 0.4) is 0 Å². The quantitative estimate of drug-likeness (QED) is 0.781. The van der Waals surface area contributed by atoms with Crippen molar-refractivity contribution in [3.05, 3.63) is 11.9 Å². The van der Waals surface area contributed by atoms with Gasteiger partial charge < -0.3 is 10.5 Å². The van der Waals surface area contributed by atoms with Crippen molar-refractivity contribution < 1.29 is 4.74 Å². The predicted molar refractivity (Wildman–Crippen MR) is 56.3 cm³/mol. The van der Waals surface area contributed by atoms with Gasteiger partial charge in [-0.2, -0.15) is 5.10 Å².